The second kappa shape index (κ2) is 12.5. The van der Waals surface area contributed by atoms with Crippen LogP contribution in [0.2, 0.25) is 0 Å². The van der Waals surface area contributed by atoms with Crippen LogP contribution >= 0.6 is 0 Å². The van der Waals surface area contributed by atoms with E-state index in [4.69, 9.17) is 4.74 Å². The summed E-state index contributed by atoms with van der Waals surface area (Å²) in [4.78, 5) is 33.3. The van der Waals surface area contributed by atoms with Crippen LogP contribution in [0.1, 0.15) is 87.9 Å². The molecule has 3 aromatic carbocycles. The summed E-state index contributed by atoms with van der Waals surface area (Å²) in [6.07, 6.45) is 15.2. The van der Waals surface area contributed by atoms with Crippen molar-refractivity contribution >= 4 is 22.5 Å². The highest BCUT2D eigenvalue weighted by atomic mass is 16.5. The largest absolute Gasteiger partial charge is 0.489 e. The predicted octanol–water partition coefficient (Wildman–Crippen LogP) is 8.84. The molecule has 5 nitrogen and oxygen atoms in total. The minimum atomic E-state index is -1.36. The zero-order valence-electron chi connectivity index (χ0n) is 26.0. The molecule has 2 aliphatic rings. The van der Waals surface area contributed by atoms with Gasteiger partial charge in [0.25, 0.3) is 0 Å². The minimum Gasteiger partial charge on any atom is -0.489 e. The summed E-state index contributed by atoms with van der Waals surface area (Å²) in [5.41, 5.74) is 4.52. The second-order valence-corrected chi connectivity index (χ2v) is 13.0. The van der Waals surface area contributed by atoms with Gasteiger partial charge in [-0.15, -0.1) is 0 Å². The molecule has 1 atom stereocenters. The van der Waals surface area contributed by atoms with E-state index in [1.807, 2.05) is 48.5 Å². The number of aromatic nitrogens is 2. The van der Waals surface area contributed by atoms with E-state index in [1.54, 1.807) is 30.6 Å². The third-order valence-electron chi connectivity index (χ3n) is 10.0. The molecule has 0 saturated heterocycles. The number of benzene rings is 3. The zero-order valence-corrected chi connectivity index (χ0v) is 26.0. The highest BCUT2D eigenvalue weighted by Crippen LogP contribution is 2.44. The van der Waals surface area contributed by atoms with Crippen molar-refractivity contribution in [2.24, 2.45) is 5.92 Å². The Hall–Kier alpha value is -4.51. The Morgan fingerprint density at radius 3 is 2.42 bits per heavy atom. The number of hydrogen-bond acceptors (Lipinski definition) is 4. The van der Waals surface area contributed by atoms with Gasteiger partial charge >= 0.3 is 0 Å². The summed E-state index contributed by atoms with van der Waals surface area (Å²) in [7, 11) is 0. The molecule has 0 amide bonds. The van der Waals surface area contributed by atoms with E-state index in [0.29, 0.717) is 23.5 Å². The Morgan fingerprint density at radius 2 is 1.62 bits per heavy atom. The normalized spacial score (nSPS) is 18.4. The monoisotopic (exact) mass is 596 g/mol. The van der Waals surface area contributed by atoms with Gasteiger partial charge in [-0.1, -0.05) is 74.6 Å². The van der Waals surface area contributed by atoms with Crippen molar-refractivity contribution in [1.82, 2.24) is 9.55 Å². The fourth-order valence-corrected chi connectivity index (χ4v) is 7.59. The molecule has 228 valence electrons. The Bertz CT molecular complexity index is 1840. The molecule has 1 unspecified atom stereocenters. The molecule has 0 bridgehead atoms. The molecule has 2 aliphatic carbocycles. The van der Waals surface area contributed by atoms with Crippen LogP contribution in [-0.2, 0) is 25.0 Å². The molecule has 7 rings (SSSR count). The number of fused-ring (bicyclic) bond motifs is 2. The van der Waals surface area contributed by atoms with Crippen molar-refractivity contribution in [3.05, 3.63) is 131 Å². The number of Topliss-reactive ketones (excluding diaryl/α,β-unsaturated/α-hetero) is 2. The lowest BCUT2D eigenvalue weighted by molar-refractivity contribution is 0.0793. The van der Waals surface area contributed by atoms with Gasteiger partial charge in [0, 0.05) is 47.2 Å². The van der Waals surface area contributed by atoms with Crippen LogP contribution in [0, 0.1) is 12.8 Å². The maximum absolute atomic E-state index is 14.6. The first-order valence-corrected chi connectivity index (χ1v) is 16.4. The SMILES string of the molecule is Cc1cn(CCCC2CCCCC2)c2cc(C3(Cc4ccncc4)C(=O)c4ccc(OCc5ccccc5)cc4C3=O)ccc12. The number of ketones is 2. The number of hydrogen-bond donors (Lipinski definition) is 0. The van der Waals surface area contributed by atoms with Crippen LogP contribution in [0.4, 0.5) is 0 Å². The van der Waals surface area contributed by atoms with Crippen LogP contribution in [0.25, 0.3) is 10.9 Å². The van der Waals surface area contributed by atoms with Crippen LogP contribution in [0.15, 0.2) is 97.5 Å². The maximum atomic E-state index is 14.6. The third kappa shape index (κ3) is 5.61. The van der Waals surface area contributed by atoms with Gasteiger partial charge in [0.1, 0.15) is 17.8 Å². The van der Waals surface area contributed by atoms with Crippen LogP contribution < -0.4 is 4.74 Å². The van der Waals surface area contributed by atoms with E-state index in [9.17, 15) is 9.59 Å². The molecule has 2 heterocycles. The van der Waals surface area contributed by atoms with Crippen molar-refractivity contribution in [3.63, 3.8) is 0 Å². The smallest absolute Gasteiger partial charge is 0.182 e. The first kappa shape index (κ1) is 29.2. The summed E-state index contributed by atoms with van der Waals surface area (Å²) < 4.78 is 8.41. The summed E-state index contributed by atoms with van der Waals surface area (Å²) in [5.74, 6) is 1.10. The fraction of sp³-hybridized carbons (Fsp3) is 0.325. The van der Waals surface area contributed by atoms with E-state index < -0.39 is 5.41 Å². The first-order chi connectivity index (χ1) is 22.0. The zero-order chi connectivity index (χ0) is 30.8. The van der Waals surface area contributed by atoms with Crippen molar-refractivity contribution < 1.29 is 14.3 Å². The Labute approximate surface area is 265 Å². The lowest BCUT2D eigenvalue weighted by Gasteiger charge is -2.27. The third-order valence-corrected chi connectivity index (χ3v) is 10.0. The quantitative estimate of drug-likeness (QED) is 0.151. The number of rotatable bonds is 10. The van der Waals surface area contributed by atoms with Crippen LogP contribution in [-0.4, -0.2) is 21.1 Å². The molecule has 0 radical (unpaired) electrons. The maximum Gasteiger partial charge on any atom is 0.182 e. The first-order valence-electron chi connectivity index (χ1n) is 16.4. The molecular formula is C40H40N2O3. The van der Waals surface area contributed by atoms with Gasteiger partial charge in [-0.2, -0.15) is 0 Å². The molecule has 2 aromatic heterocycles. The standard InChI is InChI=1S/C40H40N2O3/c1-28-26-42(22-8-13-29-9-4-2-5-10-29)37-23-32(14-16-34(28)37)40(25-30-18-20-41-21-19-30)38(43)35-17-15-33(24-36(35)39(40)44)45-27-31-11-6-3-7-12-31/h3,6-7,11-12,14-21,23-24,26,29H,2,4-5,8-10,13,22,25,27H2,1H3. The molecule has 0 N–H and O–H groups in total. The number of carbonyl (C=O) groups is 2. The van der Waals surface area contributed by atoms with Gasteiger partial charge in [-0.25, -0.2) is 0 Å². The van der Waals surface area contributed by atoms with Crippen LogP contribution in [0.5, 0.6) is 5.75 Å². The summed E-state index contributed by atoms with van der Waals surface area (Å²) in [6, 6.07) is 25.3. The van der Waals surface area contributed by atoms with Crippen molar-refractivity contribution in [2.45, 2.75) is 76.9 Å². The van der Waals surface area contributed by atoms with Gasteiger partial charge in [-0.3, -0.25) is 14.6 Å². The highest BCUT2D eigenvalue weighted by Gasteiger charge is 2.54. The van der Waals surface area contributed by atoms with Crippen molar-refractivity contribution in [2.75, 3.05) is 0 Å². The summed E-state index contributed by atoms with van der Waals surface area (Å²) in [6.45, 7) is 3.47. The van der Waals surface area contributed by atoms with Crippen LogP contribution in [0.3, 0.4) is 0 Å². The van der Waals surface area contributed by atoms with E-state index in [1.165, 1.54) is 49.5 Å². The van der Waals surface area contributed by atoms with Gasteiger partial charge in [0.05, 0.1) is 0 Å². The molecule has 1 fully saturated rings. The molecule has 0 aliphatic heterocycles. The number of nitrogens with zero attached hydrogens (tertiary/aromatic N) is 2. The topological polar surface area (TPSA) is 61.2 Å². The predicted molar refractivity (Wildman–Crippen MR) is 178 cm³/mol. The lowest BCUT2D eigenvalue weighted by Crippen LogP contribution is -2.40. The molecule has 5 aromatic rings. The van der Waals surface area contributed by atoms with Gasteiger partial charge in [-0.05, 0) is 90.8 Å². The lowest BCUT2D eigenvalue weighted by atomic mass is 9.71. The van der Waals surface area contributed by atoms with Gasteiger partial charge in [0.2, 0.25) is 0 Å². The van der Waals surface area contributed by atoms with E-state index in [-0.39, 0.29) is 18.0 Å². The van der Waals surface area contributed by atoms with Gasteiger partial charge in [0.15, 0.2) is 11.6 Å². The van der Waals surface area contributed by atoms with Gasteiger partial charge < -0.3 is 9.30 Å². The Morgan fingerprint density at radius 1 is 0.844 bits per heavy atom. The van der Waals surface area contributed by atoms with E-state index >= 15 is 0 Å². The molecule has 45 heavy (non-hydrogen) atoms. The number of ether oxygens (including phenoxy) is 1. The Balaban J connectivity index is 1.24. The van der Waals surface area contributed by atoms with Crippen molar-refractivity contribution in [1.29, 1.82) is 0 Å². The number of pyridine rings is 1. The summed E-state index contributed by atoms with van der Waals surface area (Å²) >= 11 is 0. The minimum absolute atomic E-state index is 0.152. The molecule has 5 heteroatoms. The summed E-state index contributed by atoms with van der Waals surface area (Å²) in [5, 5.41) is 1.17. The Kier molecular flexibility index (Phi) is 8.10. The highest BCUT2D eigenvalue weighted by molar-refractivity contribution is 6.33. The number of carbonyl (C=O) groups excluding carboxylic acids is 2. The average molecular weight is 597 g/mol. The molecule has 0 spiro atoms. The van der Waals surface area contributed by atoms with E-state index in [2.05, 4.69) is 34.8 Å². The number of aryl methyl sites for hydroxylation is 2. The van der Waals surface area contributed by atoms with E-state index in [0.717, 1.165) is 41.1 Å². The average Bonchev–Trinajstić information content (AvgIpc) is 3.51. The van der Waals surface area contributed by atoms with Crippen molar-refractivity contribution in [3.8, 4) is 5.75 Å². The molecule has 1 saturated carbocycles. The fourth-order valence-electron chi connectivity index (χ4n) is 7.59. The molecular weight excluding hydrogens is 556 g/mol. The second-order valence-electron chi connectivity index (χ2n) is 13.0.